The highest BCUT2D eigenvalue weighted by Crippen LogP contribution is 2.39. The Hall–Kier alpha value is -1.40. The molecule has 0 saturated carbocycles. The number of nitro benzene ring substituents is 1. The van der Waals surface area contributed by atoms with Crippen molar-refractivity contribution in [3.8, 4) is 5.75 Å². The molecule has 0 radical (unpaired) electrons. The molecule has 0 aliphatic heterocycles. The van der Waals surface area contributed by atoms with Crippen molar-refractivity contribution in [1.29, 1.82) is 0 Å². The first-order chi connectivity index (χ1) is 9.49. The molecule has 0 spiro atoms. The molecule has 0 bridgehead atoms. The van der Waals surface area contributed by atoms with Crippen molar-refractivity contribution < 1.29 is 14.8 Å². The van der Waals surface area contributed by atoms with E-state index in [2.05, 4.69) is 15.9 Å². The Kier molecular flexibility index (Phi) is 4.77. The summed E-state index contributed by atoms with van der Waals surface area (Å²) in [7, 11) is 0. The number of hydrogen-bond acceptors (Lipinski definition) is 4. The molecule has 1 aliphatic rings. The van der Waals surface area contributed by atoms with Gasteiger partial charge in [0.15, 0.2) is 0 Å². The van der Waals surface area contributed by atoms with E-state index in [0.717, 1.165) is 19.3 Å². The summed E-state index contributed by atoms with van der Waals surface area (Å²) in [6.45, 7) is 1.56. The van der Waals surface area contributed by atoms with Crippen molar-refractivity contribution in [2.24, 2.45) is 0 Å². The van der Waals surface area contributed by atoms with Gasteiger partial charge in [-0.1, -0.05) is 22.0 Å². The van der Waals surface area contributed by atoms with E-state index in [-0.39, 0.29) is 17.5 Å². The zero-order chi connectivity index (χ0) is 14.7. The Balaban J connectivity index is 2.44. The Morgan fingerprint density at radius 3 is 2.85 bits per heavy atom. The highest BCUT2D eigenvalue weighted by atomic mass is 79.9. The monoisotopic (exact) mass is 341 g/mol. The van der Waals surface area contributed by atoms with E-state index in [1.165, 1.54) is 6.07 Å². The largest absolute Gasteiger partial charge is 0.479 e. The van der Waals surface area contributed by atoms with Crippen LogP contribution in [0.3, 0.4) is 0 Å². The zero-order valence-corrected chi connectivity index (χ0v) is 12.7. The normalized spacial score (nSPS) is 19.6. The first kappa shape index (κ1) is 15.0. The lowest BCUT2D eigenvalue weighted by molar-refractivity contribution is -0.386. The second kappa shape index (κ2) is 6.37. The third-order valence-corrected chi connectivity index (χ3v) is 3.65. The van der Waals surface area contributed by atoms with Crippen LogP contribution in [0.25, 0.3) is 0 Å². The van der Waals surface area contributed by atoms with Gasteiger partial charge in [0.2, 0.25) is 5.75 Å². The highest BCUT2D eigenvalue weighted by molar-refractivity contribution is 9.10. The molecule has 0 fully saturated rings. The summed E-state index contributed by atoms with van der Waals surface area (Å²) in [5, 5.41) is 21.0. The molecule has 0 aromatic heterocycles. The van der Waals surface area contributed by atoms with E-state index in [0.29, 0.717) is 10.0 Å². The number of rotatable bonds is 4. The van der Waals surface area contributed by atoms with Gasteiger partial charge in [0.05, 0.1) is 11.0 Å². The lowest BCUT2D eigenvalue weighted by Gasteiger charge is -2.21. The Morgan fingerprint density at radius 2 is 2.30 bits per heavy atom. The van der Waals surface area contributed by atoms with Gasteiger partial charge in [-0.3, -0.25) is 10.1 Å². The van der Waals surface area contributed by atoms with Crippen LogP contribution in [0.4, 0.5) is 5.69 Å². The summed E-state index contributed by atoms with van der Waals surface area (Å²) < 4.78 is 6.33. The van der Waals surface area contributed by atoms with E-state index < -0.39 is 11.0 Å². The van der Waals surface area contributed by atoms with Crippen LogP contribution in [0, 0.1) is 10.1 Å². The van der Waals surface area contributed by atoms with Gasteiger partial charge in [-0.15, -0.1) is 0 Å². The quantitative estimate of drug-likeness (QED) is 0.512. The summed E-state index contributed by atoms with van der Waals surface area (Å²) >= 11 is 3.22. The summed E-state index contributed by atoms with van der Waals surface area (Å²) in [5.74, 6) is 0.157. The molecule has 6 heteroatoms. The molecule has 0 heterocycles. The zero-order valence-electron chi connectivity index (χ0n) is 11.1. The van der Waals surface area contributed by atoms with Crippen LogP contribution in [-0.4, -0.2) is 16.1 Å². The van der Waals surface area contributed by atoms with Crippen LogP contribution in [0.2, 0.25) is 0 Å². The van der Waals surface area contributed by atoms with E-state index in [4.69, 9.17) is 4.74 Å². The fourth-order valence-corrected chi connectivity index (χ4v) is 2.67. The SMILES string of the molecule is CC(O)c1cc(Br)cc([N+](=O)[O-])c1OC1C=CCCC1. The number of aliphatic hydroxyl groups is 1. The molecule has 0 amide bonds. The first-order valence-electron chi connectivity index (χ1n) is 6.48. The van der Waals surface area contributed by atoms with Crippen LogP contribution < -0.4 is 4.74 Å². The molecule has 20 heavy (non-hydrogen) atoms. The Morgan fingerprint density at radius 1 is 1.55 bits per heavy atom. The number of aliphatic hydroxyl groups excluding tert-OH is 1. The Bertz CT molecular complexity index is 542. The van der Waals surface area contributed by atoms with Crippen LogP contribution >= 0.6 is 15.9 Å². The third-order valence-electron chi connectivity index (χ3n) is 3.19. The number of nitro groups is 1. The number of benzene rings is 1. The maximum Gasteiger partial charge on any atom is 0.312 e. The topological polar surface area (TPSA) is 72.6 Å². The van der Waals surface area contributed by atoms with Crippen molar-refractivity contribution in [3.05, 3.63) is 44.4 Å². The van der Waals surface area contributed by atoms with Crippen LogP contribution in [0.1, 0.15) is 37.9 Å². The average molecular weight is 342 g/mol. The van der Waals surface area contributed by atoms with Crippen LogP contribution in [-0.2, 0) is 0 Å². The first-order valence-corrected chi connectivity index (χ1v) is 7.27. The minimum absolute atomic E-state index is 0.130. The molecule has 2 rings (SSSR count). The molecule has 1 aliphatic carbocycles. The molecule has 1 aromatic carbocycles. The molecular weight excluding hydrogens is 326 g/mol. The smallest absolute Gasteiger partial charge is 0.312 e. The maximum absolute atomic E-state index is 11.2. The van der Waals surface area contributed by atoms with Gasteiger partial charge in [0.25, 0.3) is 0 Å². The van der Waals surface area contributed by atoms with Gasteiger partial charge in [-0.2, -0.15) is 0 Å². The lowest BCUT2D eigenvalue weighted by Crippen LogP contribution is -2.17. The number of nitrogens with zero attached hydrogens (tertiary/aromatic N) is 1. The van der Waals surface area contributed by atoms with Crippen molar-refractivity contribution in [2.75, 3.05) is 0 Å². The van der Waals surface area contributed by atoms with Gasteiger partial charge in [0, 0.05) is 16.1 Å². The second-order valence-corrected chi connectivity index (χ2v) is 5.71. The summed E-state index contributed by atoms with van der Waals surface area (Å²) in [6, 6.07) is 3.05. The molecule has 1 N–H and O–H groups in total. The fourth-order valence-electron chi connectivity index (χ4n) is 2.20. The number of hydrogen-bond donors (Lipinski definition) is 1. The molecule has 2 atom stereocenters. The Labute approximate surface area is 125 Å². The lowest BCUT2D eigenvalue weighted by atomic mass is 10.0. The predicted molar refractivity (Wildman–Crippen MR) is 78.8 cm³/mol. The van der Waals surface area contributed by atoms with Crippen molar-refractivity contribution in [1.82, 2.24) is 0 Å². The molecule has 0 saturated heterocycles. The van der Waals surface area contributed by atoms with Gasteiger partial charge in [-0.25, -0.2) is 0 Å². The van der Waals surface area contributed by atoms with Gasteiger partial charge < -0.3 is 9.84 Å². The number of halogens is 1. The minimum Gasteiger partial charge on any atom is -0.479 e. The summed E-state index contributed by atoms with van der Waals surface area (Å²) in [5.41, 5.74) is 0.291. The predicted octanol–water partition coefficient (Wildman–Crippen LogP) is 3.90. The molecule has 108 valence electrons. The van der Waals surface area contributed by atoms with Crippen LogP contribution in [0.15, 0.2) is 28.8 Å². The second-order valence-electron chi connectivity index (χ2n) is 4.79. The molecule has 2 unspecified atom stereocenters. The number of ether oxygens (including phenoxy) is 1. The minimum atomic E-state index is -0.839. The standard InChI is InChI=1S/C14H16BrNO4/c1-9(17)12-7-10(15)8-13(16(18)19)14(12)20-11-5-3-2-4-6-11/h3,5,7-9,11,17H,2,4,6H2,1H3. The van der Waals surface area contributed by atoms with Crippen LogP contribution in [0.5, 0.6) is 5.75 Å². The van der Waals surface area contributed by atoms with E-state index >= 15 is 0 Å². The van der Waals surface area contributed by atoms with Gasteiger partial charge in [-0.05, 0) is 38.3 Å². The molecule has 1 aromatic rings. The van der Waals surface area contributed by atoms with Crippen molar-refractivity contribution >= 4 is 21.6 Å². The number of allylic oxidation sites excluding steroid dienone is 1. The molecule has 5 nitrogen and oxygen atoms in total. The van der Waals surface area contributed by atoms with E-state index in [9.17, 15) is 15.2 Å². The van der Waals surface area contributed by atoms with Crippen molar-refractivity contribution in [2.45, 2.75) is 38.4 Å². The average Bonchev–Trinajstić information content (AvgIpc) is 2.41. The summed E-state index contributed by atoms with van der Waals surface area (Å²) in [6.07, 6.45) is 5.74. The maximum atomic E-state index is 11.2. The van der Waals surface area contributed by atoms with Crippen molar-refractivity contribution in [3.63, 3.8) is 0 Å². The summed E-state index contributed by atoms with van der Waals surface area (Å²) in [4.78, 5) is 10.7. The highest BCUT2D eigenvalue weighted by Gasteiger charge is 2.25. The van der Waals surface area contributed by atoms with Gasteiger partial charge in [0.1, 0.15) is 6.10 Å². The third kappa shape index (κ3) is 3.37. The molecular formula is C14H16BrNO4. The van der Waals surface area contributed by atoms with E-state index in [1.54, 1.807) is 13.0 Å². The fraction of sp³-hybridized carbons (Fsp3) is 0.429. The van der Waals surface area contributed by atoms with E-state index in [1.807, 2.05) is 12.2 Å². The van der Waals surface area contributed by atoms with Gasteiger partial charge >= 0.3 is 5.69 Å².